The molecular weight excluding hydrogens is 284 g/mol. The molecule has 0 saturated carbocycles. The highest BCUT2D eigenvalue weighted by Crippen LogP contribution is 2.13. The van der Waals surface area contributed by atoms with Crippen molar-refractivity contribution in [3.63, 3.8) is 0 Å². The Morgan fingerprint density at radius 3 is 2.17 bits per heavy atom. The predicted molar refractivity (Wildman–Crippen MR) is 63.1 cm³/mol. The summed E-state index contributed by atoms with van der Waals surface area (Å²) in [6, 6.07) is 4.99. The highest BCUT2D eigenvalue weighted by atomic mass is 32.3. The van der Waals surface area contributed by atoms with Crippen LogP contribution in [0.25, 0.3) is 0 Å². The summed E-state index contributed by atoms with van der Waals surface area (Å²) in [5.41, 5.74) is 2.33. The predicted octanol–water partition coefficient (Wildman–Crippen LogP) is -0.0412. The second kappa shape index (κ2) is 5.63. The average Bonchev–Trinajstić information content (AvgIpc) is 2.26. The highest BCUT2D eigenvalue weighted by Gasteiger charge is 2.11. The van der Waals surface area contributed by atoms with Crippen molar-refractivity contribution in [2.45, 2.75) is 11.8 Å². The van der Waals surface area contributed by atoms with Crippen LogP contribution in [0.4, 0.5) is 5.69 Å². The minimum atomic E-state index is -4.12. The molecule has 0 aliphatic carbocycles. The topological polar surface area (TPSA) is 125 Å². The lowest BCUT2D eigenvalue weighted by molar-refractivity contribution is 0.252. The van der Waals surface area contributed by atoms with Gasteiger partial charge in [0.25, 0.3) is 0 Å². The van der Waals surface area contributed by atoms with Crippen LogP contribution < -0.4 is 10.6 Å². The van der Waals surface area contributed by atoms with Crippen LogP contribution in [0.15, 0.2) is 29.2 Å². The van der Waals surface area contributed by atoms with Gasteiger partial charge >= 0.3 is 10.4 Å². The first kappa shape index (κ1) is 14.9. The molecule has 0 amide bonds. The Labute approximate surface area is 105 Å². The summed E-state index contributed by atoms with van der Waals surface area (Å²) in [7, 11) is -7.91. The number of rotatable bonds is 6. The van der Waals surface area contributed by atoms with E-state index in [1.807, 2.05) is 0 Å². The van der Waals surface area contributed by atoms with Crippen LogP contribution >= 0.6 is 0 Å². The van der Waals surface area contributed by atoms with Crippen molar-refractivity contribution in [1.29, 1.82) is 0 Å². The summed E-state index contributed by atoms with van der Waals surface area (Å²) < 4.78 is 52.5. The number of hydrogen-bond acceptors (Lipinski definition) is 7. The number of nitrogens with one attached hydrogen (secondary N) is 1. The molecule has 0 fully saturated rings. The third-order valence-electron chi connectivity index (χ3n) is 1.71. The van der Waals surface area contributed by atoms with Gasteiger partial charge in [-0.05, 0) is 31.2 Å². The van der Waals surface area contributed by atoms with Crippen molar-refractivity contribution < 1.29 is 25.3 Å². The van der Waals surface area contributed by atoms with E-state index in [-0.39, 0.29) is 17.2 Å². The zero-order valence-corrected chi connectivity index (χ0v) is 11.0. The second-order valence-corrected chi connectivity index (χ2v) is 5.85. The SMILES string of the molecule is CCOS(=O)(=O)ONc1ccc(S(N)(=O)=O)cc1. The molecule has 0 heterocycles. The maximum Gasteiger partial charge on any atom is 0.420 e. The lowest BCUT2D eigenvalue weighted by Crippen LogP contribution is -2.15. The maximum absolute atomic E-state index is 11.0. The molecule has 0 spiro atoms. The Balaban J connectivity index is 2.71. The minimum Gasteiger partial charge on any atom is -0.248 e. The van der Waals surface area contributed by atoms with E-state index >= 15 is 0 Å². The van der Waals surface area contributed by atoms with E-state index in [0.717, 1.165) is 0 Å². The van der Waals surface area contributed by atoms with E-state index in [1.54, 1.807) is 0 Å². The van der Waals surface area contributed by atoms with Gasteiger partial charge in [-0.1, -0.05) is 0 Å². The van der Waals surface area contributed by atoms with Crippen molar-refractivity contribution in [2.24, 2.45) is 5.14 Å². The van der Waals surface area contributed by atoms with E-state index in [0.29, 0.717) is 0 Å². The third kappa shape index (κ3) is 4.58. The fourth-order valence-corrected chi connectivity index (χ4v) is 2.03. The molecule has 0 atom stereocenters. The molecule has 1 rings (SSSR count). The molecular formula is C8H12N2O6S2. The summed E-state index contributed by atoms with van der Waals surface area (Å²) in [6.45, 7) is 1.43. The Kier molecular flexibility index (Phi) is 4.65. The van der Waals surface area contributed by atoms with E-state index in [2.05, 4.69) is 13.9 Å². The zero-order chi connectivity index (χ0) is 13.8. The van der Waals surface area contributed by atoms with Crippen LogP contribution in [-0.4, -0.2) is 23.4 Å². The van der Waals surface area contributed by atoms with E-state index in [4.69, 9.17) is 5.14 Å². The third-order valence-corrected chi connectivity index (χ3v) is 3.45. The number of anilines is 1. The lowest BCUT2D eigenvalue weighted by Gasteiger charge is -2.06. The molecule has 0 bridgehead atoms. The molecule has 0 unspecified atom stereocenters. The largest absolute Gasteiger partial charge is 0.420 e. The van der Waals surface area contributed by atoms with Gasteiger partial charge in [0, 0.05) is 0 Å². The first-order valence-electron chi connectivity index (χ1n) is 4.71. The standard InChI is InChI=1S/C8H12N2O6S2/c1-2-15-18(13,14)16-10-7-3-5-8(6-4-7)17(9,11)12/h3-6,10H,2H2,1H3,(H2,9,11,12). The molecule has 0 radical (unpaired) electrons. The fourth-order valence-electron chi connectivity index (χ4n) is 0.980. The summed E-state index contributed by atoms with van der Waals surface area (Å²) in [6.07, 6.45) is 0. The molecule has 1 aromatic rings. The molecule has 0 aromatic heterocycles. The van der Waals surface area contributed by atoms with Crippen LogP contribution in [0.5, 0.6) is 0 Å². The van der Waals surface area contributed by atoms with Crippen molar-refractivity contribution in [3.05, 3.63) is 24.3 Å². The highest BCUT2D eigenvalue weighted by molar-refractivity contribution is 7.89. The van der Waals surface area contributed by atoms with Gasteiger partial charge in [-0.25, -0.2) is 23.2 Å². The Hall–Kier alpha value is -1.20. The van der Waals surface area contributed by atoms with Crippen molar-refractivity contribution in [2.75, 3.05) is 12.1 Å². The molecule has 10 heteroatoms. The normalized spacial score (nSPS) is 12.3. The summed E-state index contributed by atoms with van der Waals surface area (Å²) >= 11 is 0. The first-order valence-corrected chi connectivity index (χ1v) is 7.59. The van der Waals surface area contributed by atoms with Gasteiger partial charge in [0.15, 0.2) is 0 Å². The number of benzene rings is 1. The van der Waals surface area contributed by atoms with Crippen molar-refractivity contribution in [3.8, 4) is 0 Å². The summed E-state index contributed by atoms with van der Waals surface area (Å²) in [4.78, 5) is -0.0966. The van der Waals surface area contributed by atoms with Crippen LogP contribution in [0, 0.1) is 0 Å². The molecule has 0 aliphatic rings. The quantitative estimate of drug-likeness (QED) is 0.705. The number of sulfonamides is 1. The number of nitrogens with two attached hydrogens (primary N) is 1. The lowest BCUT2D eigenvalue weighted by atomic mass is 10.3. The zero-order valence-electron chi connectivity index (χ0n) is 9.36. The smallest absolute Gasteiger partial charge is 0.248 e. The molecule has 3 N–H and O–H groups in total. The number of hydrogen-bond donors (Lipinski definition) is 2. The Bertz CT molecular complexity index is 593. The van der Waals surface area contributed by atoms with Gasteiger partial charge in [0.2, 0.25) is 10.0 Å². The van der Waals surface area contributed by atoms with Gasteiger partial charge < -0.3 is 0 Å². The average molecular weight is 296 g/mol. The van der Waals surface area contributed by atoms with Gasteiger partial charge in [0.1, 0.15) is 0 Å². The van der Waals surface area contributed by atoms with E-state index in [9.17, 15) is 16.8 Å². The van der Waals surface area contributed by atoms with Crippen LogP contribution in [0.1, 0.15) is 6.92 Å². The van der Waals surface area contributed by atoms with Crippen LogP contribution in [-0.2, 0) is 28.9 Å². The van der Waals surface area contributed by atoms with Gasteiger partial charge in [-0.3, -0.25) is 0 Å². The first-order chi connectivity index (χ1) is 8.24. The van der Waals surface area contributed by atoms with Crippen molar-refractivity contribution >= 4 is 26.1 Å². The summed E-state index contributed by atoms with van der Waals surface area (Å²) in [5, 5.41) is 4.89. The molecule has 1 aromatic carbocycles. The van der Waals surface area contributed by atoms with E-state index < -0.39 is 20.4 Å². The van der Waals surface area contributed by atoms with Gasteiger partial charge in [0.05, 0.1) is 17.2 Å². The Morgan fingerprint density at radius 1 is 1.17 bits per heavy atom. The van der Waals surface area contributed by atoms with Crippen LogP contribution in [0.3, 0.4) is 0 Å². The maximum atomic E-state index is 11.0. The number of primary sulfonamides is 1. The molecule has 0 saturated heterocycles. The Morgan fingerprint density at radius 2 is 1.72 bits per heavy atom. The molecule has 8 nitrogen and oxygen atoms in total. The molecule has 0 aliphatic heterocycles. The minimum absolute atomic E-state index is 0.0611. The molecule has 102 valence electrons. The van der Waals surface area contributed by atoms with Gasteiger partial charge in [-0.15, -0.1) is 4.28 Å². The van der Waals surface area contributed by atoms with Crippen LogP contribution in [0.2, 0.25) is 0 Å². The second-order valence-electron chi connectivity index (χ2n) is 3.07. The van der Waals surface area contributed by atoms with Gasteiger partial charge in [-0.2, -0.15) is 8.42 Å². The fraction of sp³-hybridized carbons (Fsp3) is 0.250. The summed E-state index contributed by atoms with van der Waals surface area (Å²) in [5.74, 6) is 0. The van der Waals surface area contributed by atoms with Crippen molar-refractivity contribution in [1.82, 2.24) is 0 Å². The molecule has 18 heavy (non-hydrogen) atoms. The monoisotopic (exact) mass is 296 g/mol. The van der Waals surface area contributed by atoms with E-state index in [1.165, 1.54) is 31.2 Å².